The molecule has 6 nitrogen and oxygen atoms in total. The van der Waals surface area contributed by atoms with Gasteiger partial charge in [0, 0.05) is 23.4 Å². The van der Waals surface area contributed by atoms with Crippen molar-refractivity contribution in [3.8, 4) is 11.4 Å². The van der Waals surface area contributed by atoms with Crippen LogP contribution in [0.1, 0.15) is 65.2 Å². The Hall–Kier alpha value is -3.67. The van der Waals surface area contributed by atoms with E-state index in [1.54, 1.807) is 31.4 Å². The standard InChI is InChI=1S/C27H28N2O4/c1-17(18-8-6-5-7-9-18)28-25(31)22-14-21-23(15-27(2,3)16-24(21)30)29(26(22)32)19-10-12-20(33-4)13-11-19/h5-14,17H,15-16H2,1-4H3,(H,28,31). The van der Waals surface area contributed by atoms with Gasteiger partial charge in [-0.05, 0) is 54.7 Å². The van der Waals surface area contributed by atoms with Crippen LogP contribution in [0.15, 0.2) is 65.5 Å². The number of rotatable bonds is 5. The lowest BCUT2D eigenvalue weighted by molar-refractivity contribution is 0.0908. The van der Waals surface area contributed by atoms with Gasteiger partial charge in [-0.1, -0.05) is 44.2 Å². The van der Waals surface area contributed by atoms with Crippen LogP contribution in [0.3, 0.4) is 0 Å². The van der Waals surface area contributed by atoms with Crippen LogP contribution < -0.4 is 15.6 Å². The van der Waals surface area contributed by atoms with Gasteiger partial charge < -0.3 is 10.1 Å². The average molecular weight is 445 g/mol. The van der Waals surface area contributed by atoms with Gasteiger partial charge in [-0.15, -0.1) is 0 Å². The van der Waals surface area contributed by atoms with Crippen LogP contribution in [-0.4, -0.2) is 23.4 Å². The van der Waals surface area contributed by atoms with Gasteiger partial charge in [0.05, 0.1) is 13.2 Å². The number of hydrogen-bond acceptors (Lipinski definition) is 4. The molecule has 0 saturated heterocycles. The van der Waals surface area contributed by atoms with E-state index in [0.29, 0.717) is 35.5 Å². The van der Waals surface area contributed by atoms with Gasteiger partial charge in [0.1, 0.15) is 11.3 Å². The van der Waals surface area contributed by atoms with Crippen molar-refractivity contribution in [3.63, 3.8) is 0 Å². The molecule has 33 heavy (non-hydrogen) atoms. The molecule has 1 atom stereocenters. The van der Waals surface area contributed by atoms with Crippen LogP contribution in [-0.2, 0) is 6.42 Å². The van der Waals surface area contributed by atoms with E-state index < -0.39 is 11.5 Å². The van der Waals surface area contributed by atoms with Crippen molar-refractivity contribution in [2.75, 3.05) is 7.11 Å². The highest BCUT2D eigenvalue weighted by molar-refractivity contribution is 6.02. The van der Waals surface area contributed by atoms with Gasteiger partial charge in [-0.3, -0.25) is 19.0 Å². The number of ketones is 1. The molecule has 6 heteroatoms. The van der Waals surface area contributed by atoms with E-state index in [0.717, 1.165) is 5.56 Å². The Morgan fingerprint density at radius 3 is 2.33 bits per heavy atom. The molecule has 170 valence electrons. The van der Waals surface area contributed by atoms with E-state index >= 15 is 0 Å². The lowest BCUT2D eigenvalue weighted by Crippen LogP contribution is -2.39. The summed E-state index contributed by atoms with van der Waals surface area (Å²) in [7, 11) is 1.57. The van der Waals surface area contributed by atoms with Crippen LogP contribution >= 0.6 is 0 Å². The van der Waals surface area contributed by atoms with Gasteiger partial charge in [0.25, 0.3) is 11.5 Å². The zero-order valence-electron chi connectivity index (χ0n) is 19.3. The Labute approximate surface area is 193 Å². The number of nitrogens with one attached hydrogen (secondary N) is 1. The molecule has 1 heterocycles. The molecule has 4 rings (SSSR count). The van der Waals surface area contributed by atoms with Crippen molar-refractivity contribution in [1.82, 2.24) is 9.88 Å². The first-order chi connectivity index (χ1) is 15.7. The number of amides is 1. The van der Waals surface area contributed by atoms with Crippen molar-refractivity contribution < 1.29 is 14.3 Å². The Balaban J connectivity index is 1.83. The predicted octanol–water partition coefficient (Wildman–Crippen LogP) is 4.49. The summed E-state index contributed by atoms with van der Waals surface area (Å²) in [5.41, 5.74) is 1.82. The second-order valence-electron chi connectivity index (χ2n) is 9.30. The first kappa shape index (κ1) is 22.5. The lowest BCUT2D eigenvalue weighted by atomic mass is 9.75. The molecule has 1 N–H and O–H groups in total. The number of methoxy groups -OCH3 is 1. The maximum atomic E-state index is 13.6. The summed E-state index contributed by atoms with van der Waals surface area (Å²) in [5.74, 6) is 0.0929. The fraction of sp³-hybridized carbons (Fsp3) is 0.296. The maximum Gasteiger partial charge on any atom is 0.268 e. The van der Waals surface area contributed by atoms with Crippen molar-refractivity contribution in [2.24, 2.45) is 5.41 Å². The Morgan fingerprint density at radius 2 is 1.70 bits per heavy atom. The first-order valence-electron chi connectivity index (χ1n) is 11.0. The third-order valence-corrected chi connectivity index (χ3v) is 6.11. The van der Waals surface area contributed by atoms with Crippen molar-refractivity contribution in [3.05, 3.63) is 93.4 Å². The Morgan fingerprint density at radius 1 is 1.03 bits per heavy atom. The van der Waals surface area contributed by atoms with Gasteiger partial charge in [0.15, 0.2) is 5.78 Å². The molecule has 0 aliphatic heterocycles. The number of aromatic nitrogens is 1. The summed E-state index contributed by atoms with van der Waals surface area (Å²) in [6.45, 7) is 5.89. The second kappa shape index (κ2) is 8.70. The first-order valence-corrected chi connectivity index (χ1v) is 11.0. The summed E-state index contributed by atoms with van der Waals surface area (Å²) in [6.07, 6.45) is 0.917. The summed E-state index contributed by atoms with van der Waals surface area (Å²) >= 11 is 0. The molecular formula is C27H28N2O4. The van der Waals surface area contributed by atoms with E-state index in [-0.39, 0.29) is 22.8 Å². The number of benzene rings is 2. The molecule has 2 aromatic carbocycles. The Bertz CT molecular complexity index is 1260. The number of Topliss-reactive ketones (excluding diaryl/α,β-unsaturated/α-hetero) is 1. The van der Waals surface area contributed by atoms with Gasteiger partial charge in [0.2, 0.25) is 0 Å². The van der Waals surface area contributed by atoms with Crippen molar-refractivity contribution in [1.29, 1.82) is 0 Å². The number of nitrogens with zero attached hydrogens (tertiary/aromatic N) is 1. The minimum Gasteiger partial charge on any atom is -0.497 e. The van der Waals surface area contributed by atoms with Crippen LogP contribution in [0.2, 0.25) is 0 Å². The van der Waals surface area contributed by atoms with Crippen LogP contribution in [0.25, 0.3) is 5.69 Å². The highest BCUT2D eigenvalue weighted by Gasteiger charge is 2.35. The molecule has 1 aliphatic carbocycles. The molecule has 1 unspecified atom stereocenters. The van der Waals surface area contributed by atoms with Crippen molar-refractivity contribution in [2.45, 2.75) is 39.7 Å². The number of ether oxygens (including phenoxy) is 1. The molecular weight excluding hydrogens is 416 g/mol. The van der Waals surface area contributed by atoms with E-state index in [4.69, 9.17) is 4.74 Å². The SMILES string of the molecule is COc1ccc(-n2c3c(cc(C(=O)NC(C)c4ccccc4)c2=O)C(=O)CC(C)(C)C3)cc1. The highest BCUT2D eigenvalue weighted by Crippen LogP contribution is 2.35. The number of carbonyl (C=O) groups excluding carboxylic acids is 2. The van der Waals surface area contributed by atoms with E-state index in [1.165, 1.54) is 10.6 Å². The molecule has 0 bridgehead atoms. The van der Waals surface area contributed by atoms with Gasteiger partial charge >= 0.3 is 0 Å². The number of hydrogen-bond donors (Lipinski definition) is 1. The topological polar surface area (TPSA) is 77.4 Å². The molecule has 0 fully saturated rings. The largest absolute Gasteiger partial charge is 0.497 e. The Kier molecular flexibility index (Phi) is 5.93. The molecule has 1 amide bonds. The van der Waals surface area contributed by atoms with Crippen molar-refractivity contribution >= 4 is 11.7 Å². The number of pyridine rings is 1. The smallest absolute Gasteiger partial charge is 0.268 e. The minimum absolute atomic E-state index is 0.0413. The quantitative estimate of drug-likeness (QED) is 0.629. The minimum atomic E-state index is -0.501. The van der Waals surface area contributed by atoms with Crippen LogP contribution in [0.4, 0.5) is 0 Å². The summed E-state index contributed by atoms with van der Waals surface area (Å²) in [5, 5.41) is 2.90. The van der Waals surface area contributed by atoms with Crippen LogP contribution in [0.5, 0.6) is 5.75 Å². The third-order valence-electron chi connectivity index (χ3n) is 6.11. The monoisotopic (exact) mass is 444 g/mol. The molecule has 0 radical (unpaired) electrons. The summed E-state index contributed by atoms with van der Waals surface area (Å²) in [6, 6.07) is 17.8. The zero-order chi connectivity index (χ0) is 23.8. The van der Waals surface area contributed by atoms with Crippen LogP contribution in [0, 0.1) is 5.41 Å². The fourth-order valence-corrected chi connectivity index (χ4v) is 4.38. The number of fused-ring (bicyclic) bond motifs is 1. The molecule has 0 spiro atoms. The van der Waals surface area contributed by atoms with E-state index in [2.05, 4.69) is 5.32 Å². The molecule has 1 aromatic heterocycles. The summed E-state index contributed by atoms with van der Waals surface area (Å²) in [4.78, 5) is 39.9. The molecule has 3 aromatic rings. The predicted molar refractivity (Wildman–Crippen MR) is 127 cm³/mol. The van der Waals surface area contributed by atoms with Gasteiger partial charge in [-0.25, -0.2) is 0 Å². The third kappa shape index (κ3) is 4.46. The maximum absolute atomic E-state index is 13.6. The van der Waals surface area contributed by atoms with E-state index in [1.807, 2.05) is 51.1 Å². The summed E-state index contributed by atoms with van der Waals surface area (Å²) < 4.78 is 6.75. The fourth-order valence-electron chi connectivity index (χ4n) is 4.38. The lowest BCUT2D eigenvalue weighted by Gasteiger charge is -2.32. The normalized spacial score (nSPS) is 15.5. The second-order valence-corrected chi connectivity index (χ2v) is 9.30. The molecule has 1 aliphatic rings. The number of carbonyl (C=O) groups is 2. The van der Waals surface area contributed by atoms with E-state index in [9.17, 15) is 14.4 Å². The molecule has 0 saturated carbocycles. The zero-order valence-corrected chi connectivity index (χ0v) is 19.3. The highest BCUT2D eigenvalue weighted by atomic mass is 16.5. The average Bonchev–Trinajstić information content (AvgIpc) is 2.78. The van der Waals surface area contributed by atoms with Gasteiger partial charge in [-0.2, -0.15) is 0 Å².